The van der Waals surface area contributed by atoms with Gasteiger partial charge in [-0.15, -0.1) is 0 Å². The minimum absolute atomic E-state index is 0.00703. The average Bonchev–Trinajstić information content (AvgIpc) is 2.92. The van der Waals surface area contributed by atoms with Crippen molar-refractivity contribution in [3.63, 3.8) is 0 Å². The Bertz CT molecular complexity index is 1250. The van der Waals surface area contributed by atoms with Gasteiger partial charge in [0, 0.05) is 55.4 Å². The zero-order valence-electron chi connectivity index (χ0n) is 21.4. The molecular formula is C30H31Cl2N3O3. The summed E-state index contributed by atoms with van der Waals surface area (Å²) in [6.07, 6.45) is 0.746. The number of halogens is 2. The summed E-state index contributed by atoms with van der Waals surface area (Å²) in [5, 5.41) is 1.02. The second kappa shape index (κ2) is 12.9. The van der Waals surface area contributed by atoms with Crippen molar-refractivity contribution in [1.82, 2.24) is 9.80 Å². The highest BCUT2D eigenvalue weighted by Gasteiger charge is 2.23. The third-order valence-electron chi connectivity index (χ3n) is 6.76. The van der Waals surface area contributed by atoms with Gasteiger partial charge in [-0.05, 0) is 41.0 Å². The van der Waals surface area contributed by atoms with Gasteiger partial charge in [0.1, 0.15) is 0 Å². The van der Waals surface area contributed by atoms with Gasteiger partial charge in [0.2, 0.25) is 11.8 Å². The van der Waals surface area contributed by atoms with Gasteiger partial charge in [-0.25, -0.2) is 0 Å². The number of likely N-dealkylation sites (N-methyl/N-ethyl adjacent to an activating group) is 1. The zero-order valence-corrected chi connectivity index (χ0v) is 22.9. The standard InChI is InChI=1S/C30H31Cl2N3O3/c1-33(29(37)19-22-6-3-2-4-7-22)21-25(36)18-23-10-12-24(13-11-23)34-14-16-35(17-15-34)30(38)20-26-27(31)8-5-9-28(26)32/h2-13H,14-21H2,1H3. The fraction of sp³-hybridized carbons (Fsp3) is 0.300. The molecule has 0 bridgehead atoms. The highest BCUT2D eigenvalue weighted by atomic mass is 35.5. The average molecular weight is 553 g/mol. The molecule has 2 amide bonds. The molecule has 0 aliphatic carbocycles. The van der Waals surface area contributed by atoms with Crippen molar-refractivity contribution >= 4 is 46.5 Å². The first-order chi connectivity index (χ1) is 18.3. The van der Waals surface area contributed by atoms with Crippen LogP contribution in [0.25, 0.3) is 0 Å². The van der Waals surface area contributed by atoms with E-state index in [1.807, 2.05) is 59.5 Å². The van der Waals surface area contributed by atoms with Gasteiger partial charge in [-0.2, -0.15) is 0 Å². The first-order valence-corrected chi connectivity index (χ1v) is 13.4. The quantitative estimate of drug-likeness (QED) is 0.386. The summed E-state index contributed by atoms with van der Waals surface area (Å²) in [6.45, 7) is 2.75. The van der Waals surface area contributed by atoms with E-state index >= 15 is 0 Å². The van der Waals surface area contributed by atoms with Gasteiger partial charge in [-0.3, -0.25) is 14.4 Å². The van der Waals surface area contributed by atoms with E-state index in [0.29, 0.717) is 41.8 Å². The molecule has 0 N–H and O–H groups in total. The summed E-state index contributed by atoms with van der Waals surface area (Å²) in [4.78, 5) is 43.4. The Morgan fingerprint density at radius 1 is 0.737 bits per heavy atom. The number of rotatable bonds is 9. The smallest absolute Gasteiger partial charge is 0.227 e. The molecule has 1 heterocycles. The van der Waals surface area contributed by atoms with Crippen molar-refractivity contribution in [2.75, 3.05) is 44.7 Å². The van der Waals surface area contributed by atoms with Crippen LogP contribution in [0.5, 0.6) is 0 Å². The molecular weight excluding hydrogens is 521 g/mol. The Balaban J connectivity index is 1.23. The molecule has 1 aliphatic rings. The van der Waals surface area contributed by atoms with Crippen LogP contribution in [0.4, 0.5) is 5.69 Å². The summed E-state index contributed by atoms with van der Waals surface area (Å²) in [7, 11) is 1.67. The summed E-state index contributed by atoms with van der Waals surface area (Å²) < 4.78 is 0. The molecule has 0 saturated carbocycles. The van der Waals surface area contributed by atoms with Crippen LogP contribution in [0.1, 0.15) is 16.7 Å². The number of piperazine rings is 1. The molecule has 0 unspecified atom stereocenters. The lowest BCUT2D eigenvalue weighted by Crippen LogP contribution is -2.49. The Morgan fingerprint density at radius 2 is 1.34 bits per heavy atom. The van der Waals surface area contributed by atoms with Crippen LogP contribution >= 0.6 is 23.2 Å². The monoisotopic (exact) mass is 551 g/mol. The first-order valence-electron chi connectivity index (χ1n) is 12.6. The normalized spacial score (nSPS) is 13.3. The van der Waals surface area contributed by atoms with Crippen LogP contribution in [0.3, 0.4) is 0 Å². The van der Waals surface area contributed by atoms with Crippen LogP contribution in [0, 0.1) is 0 Å². The summed E-state index contributed by atoms with van der Waals surface area (Å²) >= 11 is 12.5. The Morgan fingerprint density at radius 3 is 1.97 bits per heavy atom. The summed E-state index contributed by atoms with van der Waals surface area (Å²) in [6, 6.07) is 22.7. The Labute approximate surface area is 233 Å². The van der Waals surface area contributed by atoms with E-state index < -0.39 is 0 Å². The van der Waals surface area contributed by atoms with Crippen LogP contribution in [-0.2, 0) is 33.6 Å². The Hall–Kier alpha value is -3.35. The molecule has 0 spiro atoms. The molecule has 198 valence electrons. The molecule has 1 saturated heterocycles. The van der Waals surface area contributed by atoms with Crippen molar-refractivity contribution in [3.8, 4) is 0 Å². The van der Waals surface area contributed by atoms with Crippen LogP contribution < -0.4 is 4.90 Å². The predicted molar refractivity (Wildman–Crippen MR) is 152 cm³/mol. The summed E-state index contributed by atoms with van der Waals surface area (Å²) in [5.41, 5.74) is 3.56. The highest BCUT2D eigenvalue weighted by Crippen LogP contribution is 2.26. The highest BCUT2D eigenvalue weighted by molar-refractivity contribution is 6.36. The van der Waals surface area contributed by atoms with Crippen molar-refractivity contribution in [2.24, 2.45) is 0 Å². The molecule has 0 atom stereocenters. The molecule has 0 radical (unpaired) electrons. The molecule has 1 fully saturated rings. The van der Waals surface area contributed by atoms with E-state index in [2.05, 4.69) is 4.90 Å². The second-order valence-electron chi connectivity index (χ2n) is 9.54. The predicted octanol–water partition coefficient (Wildman–Crippen LogP) is 4.70. The number of benzene rings is 3. The number of nitrogens with zero attached hydrogens (tertiary/aromatic N) is 3. The molecule has 38 heavy (non-hydrogen) atoms. The minimum atomic E-state index is -0.0764. The number of carbonyl (C=O) groups excluding carboxylic acids is 3. The van der Waals surface area contributed by atoms with E-state index in [1.165, 1.54) is 4.90 Å². The fourth-order valence-corrected chi connectivity index (χ4v) is 5.08. The van der Waals surface area contributed by atoms with Gasteiger partial charge in [0.25, 0.3) is 0 Å². The first kappa shape index (κ1) is 27.7. The molecule has 4 rings (SSSR count). The maximum absolute atomic E-state index is 12.8. The maximum Gasteiger partial charge on any atom is 0.227 e. The van der Waals surface area contributed by atoms with E-state index in [0.717, 1.165) is 16.8 Å². The van der Waals surface area contributed by atoms with Gasteiger partial charge < -0.3 is 14.7 Å². The number of carbonyl (C=O) groups is 3. The third kappa shape index (κ3) is 7.36. The SMILES string of the molecule is CN(CC(=O)Cc1ccc(N2CCN(C(=O)Cc3c(Cl)cccc3Cl)CC2)cc1)C(=O)Cc1ccccc1. The number of hydrogen-bond acceptors (Lipinski definition) is 4. The number of Topliss-reactive ketones (excluding diaryl/α,β-unsaturated/α-hetero) is 1. The number of amides is 2. The van der Waals surface area contributed by atoms with Crippen LogP contribution in [0.15, 0.2) is 72.8 Å². The molecule has 8 heteroatoms. The molecule has 6 nitrogen and oxygen atoms in total. The topological polar surface area (TPSA) is 60.9 Å². The second-order valence-corrected chi connectivity index (χ2v) is 10.4. The van der Waals surface area contributed by atoms with Crippen LogP contribution in [-0.4, -0.2) is 67.2 Å². The van der Waals surface area contributed by atoms with Gasteiger partial charge in [0.15, 0.2) is 5.78 Å². The van der Waals surface area contributed by atoms with Crippen molar-refractivity contribution in [2.45, 2.75) is 19.3 Å². The van der Waals surface area contributed by atoms with Gasteiger partial charge in [0.05, 0.1) is 19.4 Å². The lowest BCUT2D eigenvalue weighted by atomic mass is 10.1. The van der Waals surface area contributed by atoms with Crippen molar-refractivity contribution < 1.29 is 14.4 Å². The summed E-state index contributed by atoms with van der Waals surface area (Å²) in [5.74, 6) is -0.0689. The molecule has 3 aromatic rings. The fourth-order valence-electron chi connectivity index (χ4n) is 4.54. The lowest BCUT2D eigenvalue weighted by Gasteiger charge is -2.36. The van der Waals surface area contributed by atoms with Crippen molar-refractivity contribution in [3.05, 3.63) is 99.5 Å². The molecule has 3 aromatic carbocycles. The Kier molecular flexibility index (Phi) is 9.43. The zero-order chi connectivity index (χ0) is 27.1. The maximum atomic E-state index is 12.8. The number of anilines is 1. The van der Waals surface area contributed by atoms with Gasteiger partial charge in [-0.1, -0.05) is 71.7 Å². The molecule has 0 aromatic heterocycles. The largest absolute Gasteiger partial charge is 0.368 e. The van der Waals surface area contributed by atoms with E-state index in [9.17, 15) is 14.4 Å². The van der Waals surface area contributed by atoms with Crippen LogP contribution in [0.2, 0.25) is 10.0 Å². The van der Waals surface area contributed by atoms with E-state index in [4.69, 9.17) is 23.2 Å². The van der Waals surface area contributed by atoms with Gasteiger partial charge >= 0.3 is 0 Å². The number of hydrogen-bond donors (Lipinski definition) is 0. The van der Waals surface area contributed by atoms with Crippen molar-refractivity contribution in [1.29, 1.82) is 0 Å². The third-order valence-corrected chi connectivity index (χ3v) is 7.47. The minimum Gasteiger partial charge on any atom is -0.368 e. The molecule has 1 aliphatic heterocycles. The number of ketones is 1. The lowest BCUT2D eigenvalue weighted by molar-refractivity contribution is -0.133. The van der Waals surface area contributed by atoms with E-state index in [1.54, 1.807) is 25.2 Å². The van der Waals surface area contributed by atoms with E-state index in [-0.39, 0.29) is 43.4 Å².